The van der Waals surface area contributed by atoms with Gasteiger partial charge in [-0.2, -0.15) is 0 Å². The molecule has 3 heterocycles. The van der Waals surface area contributed by atoms with Crippen LogP contribution in [0.1, 0.15) is 36.7 Å². The molecule has 1 amide bonds. The number of hydrogen-bond donors (Lipinski definition) is 1. The number of rotatable bonds is 3. The van der Waals surface area contributed by atoms with Crippen LogP contribution in [0.4, 0.5) is 5.69 Å². The van der Waals surface area contributed by atoms with Crippen LogP contribution < -0.4 is 14.4 Å². The zero-order valence-corrected chi connectivity index (χ0v) is 16.7. The Morgan fingerprint density at radius 1 is 1.35 bits per heavy atom. The monoisotopic (exact) mass is 395 g/mol. The Bertz CT molecular complexity index is 945. The van der Waals surface area contributed by atoms with Crippen molar-refractivity contribution in [2.75, 3.05) is 17.5 Å². The highest BCUT2D eigenvalue weighted by molar-refractivity contribution is 7.94. The van der Waals surface area contributed by atoms with E-state index in [9.17, 15) is 13.2 Å². The molecule has 0 fully saturated rings. The maximum Gasteiger partial charge on any atom is 0.274 e. The number of carbonyl (C=O) groups excluding carboxylic acids is 1. The lowest BCUT2D eigenvalue weighted by atomic mass is 10.1. The first-order valence-electron chi connectivity index (χ1n) is 8.11. The van der Waals surface area contributed by atoms with Crippen molar-refractivity contribution in [2.24, 2.45) is 0 Å². The number of ether oxygens (including phenoxy) is 1. The molecule has 2 aromatic rings. The van der Waals surface area contributed by atoms with E-state index in [1.54, 1.807) is 11.4 Å². The Balaban J connectivity index is 2.01. The first kappa shape index (κ1) is 18.7. The van der Waals surface area contributed by atoms with Crippen molar-refractivity contribution >= 4 is 33.0 Å². The first-order valence-corrected chi connectivity index (χ1v) is 10.4. The normalized spacial score (nSPS) is 14.5. The van der Waals surface area contributed by atoms with Gasteiger partial charge in [0.05, 0.1) is 12.1 Å². The summed E-state index contributed by atoms with van der Waals surface area (Å²) in [6, 6.07) is 3.15. The van der Waals surface area contributed by atoms with Gasteiger partial charge in [0.2, 0.25) is 5.88 Å². The molecule has 0 aliphatic carbocycles. The number of carbonyl (C=O) groups is 1. The van der Waals surface area contributed by atoms with Crippen LogP contribution in [0.15, 0.2) is 27.9 Å². The van der Waals surface area contributed by atoms with E-state index in [2.05, 4.69) is 10.3 Å². The minimum atomic E-state index is -3.73. The van der Waals surface area contributed by atoms with E-state index in [1.165, 1.54) is 27.9 Å². The van der Waals surface area contributed by atoms with E-state index in [0.717, 1.165) is 5.56 Å². The molecule has 7 nitrogen and oxygen atoms in total. The smallest absolute Gasteiger partial charge is 0.274 e. The van der Waals surface area contributed by atoms with E-state index in [4.69, 9.17) is 4.74 Å². The van der Waals surface area contributed by atoms with Crippen LogP contribution in [0.5, 0.6) is 5.88 Å². The largest absolute Gasteiger partial charge is 0.474 e. The van der Waals surface area contributed by atoms with Crippen LogP contribution in [0.3, 0.4) is 0 Å². The van der Waals surface area contributed by atoms with E-state index >= 15 is 0 Å². The number of sulfonamides is 1. The second-order valence-electron chi connectivity index (χ2n) is 7.12. The number of anilines is 1. The minimum Gasteiger partial charge on any atom is -0.474 e. The quantitative estimate of drug-likeness (QED) is 0.863. The fourth-order valence-corrected chi connectivity index (χ4v) is 5.29. The molecule has 0 spiro atoms. The van der Waals surface area contributed by atoms with Crippen molar-refractivity contribution in [1.82, 2.24) is 10.3 Å². The maximum absolute atomic E-state index is 13.0. The highest BCUT2D eigenvalue weighted by atomic mass is 32.2. The fraction of sp³-hybridized carbons (Fsp3) is 0.412. The van der Waals surface area contributed by atoms with Crippen molar-refractivity contribution in [3.8, 4) is 5.88 Å². The summed E-state index contributed by atoms with van der Waals surface area (Å²) in [6.07, 6.45) is 1.39. The average molecular weight is 396 g/mol. The van der Waals surface area contributed by atoms with E-state index in [1.807, 2.05) is 27.7 Å². The highest BCUT2D eigenvalue weighted by Gasteiger charge is 2.32. The van der Waals surface area contributed by atoms with Gasteiger partial charge < -0.3 is 10.1 Å². The zero-order chi connectivity index (χ0) is 19.1. The molecule has 1 aliphatic rings. The topological polar surface area (TPSA) is 88.6 Å². The highest BCUT2D eigenvalue weighted by Crippen LogP contribution is 2.35. The van der Waals surface area contributed by atoms with Crippen molar-refractivity contribution in [3.63, 3.8) is 0 Å². The Morgan fingerprint density at radius 3 is 2.69 bits per heavy atom. The number of nitrogens with zero attached hydrogens (tertiary/aromatic N) is 2. The van der Waals surface area contributed by atoms with Gasteiger partial charge in [0.15, 0.2) is 0 Å². The molecule has 0 unspecified atom stereocenters. The SMILES string of the molecule is Cc1csc(S(=O)(=O)N2CCOc3ncc(C(=O)NC(C)(C)C)cc32)c1. The Kier molecular flexibility index (Phi) is 4.70. The summed E-state index contributed by atoms with van der Waals surface area (Å²) in [6.45, 7) is 7.83. The summed E-state index contributed by atoms with van der Waals surface area (Å²) in [7, 11) is -3.73. The number of amides is 1. The van der Waals surface area contributed by atoms with Crippen molar-refractivity contribution in [3.05, 3.63) is 34.8 Å². The lowest BCUT2D eigenvalue weighted by Gasteiger charge is -2.29. The molecular weight excluding hydrogens is 374 g/mol. The predicted molar refractivity (Wildman–Crippen MR) is 101 cm³/mol. The molecule has 0 atom stereocenters. The van der Waals surface area contributed by atoms with Crippen LogP contribution in [0, 0.1) is 6.92 Å². The summed E-state index contributed by atoms with van der Waals surface area (Å²) in [5.41, 5.74) is 1.04. The molecule has 9 heteroatoms. The molecule has 26 heavy (non-hydrogen) atoms. The minimum absolute atomic E-state index is 0.165. The molecule has 140 valence electrons. The Labute approximate surface area is 157 Å². The van der Waals surface area contributed by atoms with Gasteiger partial charge in [-0.15, -0.1) is 11.3 Å². The van der Waals surface area contributed by atoms with Crippen LogP contribution in [-0.4, -0.2) is 38.0 Å². The molecular formula is C17H21N3O4S2. The molecule has 2 aromatic heterocycles. The van der Waals surface area contributed by atoms with Crippen molar-refractivity contribution in [2.45, 2.75) is 37.4 Å². The van der Waals surface area contributed by atoms with Crippen LogP contribution in [0.25, 0.3) is 0 Å². The van der Waals surface area contributed by atoms with Gasteiger partial charge in [-0.1, -0.05) is 0 Å². The van der Waals surface area contributed by atoms with Crippen molar-refractivity contribution < 1.29 is 17.9 Å². The Morgan fingerprint density at radius 2 is 2.08 bits per heavy atom. The molecule has 0 saturated carbocycles. The zero-order valence-electron chi connectivity index (χ0n) is 15.1. The second kappa shape index (κ2) is 6.55. The van der Waals surface area contributed by atoms with Gasteiger partial charge in [-0.25, -0.2) is 13.4 Å². The molecule has 0 radical (unpaired) electrons. The second-order valence-corrected chi connectivity index (χ2v) is 10.1. The Hall–Kier alpha value is -2.13. The van der Waals surface area contributed by atoms with E-state index in [-0.39, 0.29) is 40.4 Å². The van der Waals surface area contributed by atoms with Crippen molar-refractivity contribution in [1.29, 1.82) is 0 Å². The number of pyridine rings is 1. The standard InChI is InChI=1S/C17H21N3O4S2/c1-11-7-14(25-10-11)26(22,23)20-5-6-24-16-13(20)8-12(9-18-16)15(21)19-17(2,3)4/h7-10H,5-6H2,1-4H3,(H,19,21). The summed E-state index contributed by atoms with van der Waals surface area (Å²) < 4.78 is 33.1. The molecule has 1 N–H and O–H groups in total. The number of aryl methyl sites for hydroxylation is 1. The summed E-state index contributed by atoms with van der Waals surface area (Å²) in [5.74, 6) is -0.108. The van der Waals surface area contributed by atoms with Gasteiger partial charge in [0.25, 0.3) is 15.9 Å². The molecule has 1 aliphatic heterocycles. The summed E-state index contributed by atoms with van der Waals surface area (Å²) in [5, 5.41) is 4.64. The molecule has 0 saturated heterocycles. The summed E-state index contributed by atoms with van der Waals surface area (Å²) >= 11 is 1.17. The predicted octanol–water partition coefficient (Wildman–Crippen LogP) is 2.57. The van der Waals surface area contributed by atoms with Crippen LogP contribution in [-0.2, 0) is 10.0 Å². The number of nitrogens with one attached hydrogen (secondary N) is 1. The molecule has 3 rings (SSSR count). The third-order valence-electron chi connectivity index (χ3n) is 3.64. The van der Waals surface area contributed by atoms with Gasteiger partial charge in [0, 0.05) is 11.7 Å². The number of aromatic nitrogens is 1. The van der Waals surface area contributed by atoms with Gasteiger partial charge in [-0.05, 0) is 50.8 Å². The number of thiophene rings is 1. The van der Waals surface area contributed by atoms with Crippen LogP contribution in [0.2, 0.25) is 0 Å². The number of hydrogen-bond acceptors (Lipinski definition) is 6. The van der Waals surface area contributed by atoms with Gasteiger partial charge in [-0.3, -0.25) is 9.10 Å². The molecule has 0 bridgehead atoms. The third kappa shape index (κ3) is 3.68. The average Bonchev–Trinajstić information content (AvgIpc) is 2.99. The van der Waals surface area contributed by atoms with E-state index < -0.39 is 15.6 Å². The van der Waals surface area contributed by atoms with Gasteiger partial charge >= 0.3 is 0 Å². The first-order chi connectivity index (χ1) is 12.1. The summed E-state index contributed by atoms with van der Waals surface area (Å²) in [4.78, 5) is 16.6. The fourth-order valence-electron chi connectivity index (χ4n) is 2.51. The lowest BCUT2D eigenvalue weighted by Crippen LogP contribution is -2.41. The van der Waals surface area contributed by atoms with Crippen LogP contribution >= 0.6 is 11.3 Å². The third-order valence-corrected chi connectivity index (χ3v) is 6.98. The van der Waals surface area contributed by atoms with Gasteiger partial charge in [0.1, 0.15) is 16.5 Å². The maximum atomic E-state index is 13.0. The van der Waals surface area contributed by atoms with E-state index in [0.29, 0.717) is 0 Å². The lowest BCUT2D eigenvalue weighted by molar-refractivity contribution is 0.0919. The number of fused-ring (bicyclic) bond motifs is 1. The molecule has 0 aromatic carbocycles.